The van der Waals surface area contributed by atoms with Crippen molar-refractivity contribution >= 4 is 46.0 Å². The molecule has 2 nitrogen and oxygen atoms in total. The second-order valence-electron chi connectivity index (χ2n) is 5.24. The van der Waals surface area contributed by atoms with Crippen molar-refractivity contribution in [3.8, 4) is 0 Å². The van der Waals surface area contributed by atoms with Crippen LogP contribution in [0.15, 0.2) is 18.2 Å². The Kier molecular flexibility index (Phi) is 4.38. The van der Waals surface area contributed by atoms with E-state index in [1.165, 1.54) is 0 Å². The highest BCUT2D eigenvalue weighted by molar-refractivity contribution is 7.99. The largest absolute Gasteiger partial charge is 0.324 e. The van der Waals surface area contributed by atoms with E-state index < -0.39 is 0 Å². The van der Waals surface area contributed by atoms with E-state index in [2.05, 4.69) is 29.7 Å². The summed E-state index contributed by atoms with van der Waals surface area (Å²) in [6, 6.07) is 5.80. The fraction of sp³-hybridized carbons (Fsp3) is 0.500. The number of imidazole rings is 1. The second kappa shape index (κ2) is 5.55. The molecule has 1 atom stereocenters. The van der Waals surface area contributed by atoms with Crippen molar-refractivity contribution in [1.82, 2.24) is 9.55 Å². The molecule has 5 heteroatoms. The number of fused-ring (bicyclic) bond motifs is 1. The number of halogens is 2. The van der Waals surface area contributed by atoms with E-state index >= 15 is 0 Å². The summed E-state index contributed by atoms with van der Waals surface area (Å²) in [6.07, 6.45) is 2.12. The molecule has 1 unspecified atom stereocenters. The molecule has 2 aromatic rings. The van der Waals surface area contributed by atoms with Gasteiger partial charge in [-0.25, -0.2) is 4.98 Å². The van der Waals surface area contributed by atoms with Crippen LogP contribution < -0.4 is 0 Å². The van der Waals surface area contributed by atoms with Gasteiger partial charge in [-0.3, -0.25) is 0 Å². The molecule has 2 rings (SSSR count). The van der Waals surface area contributed by atoms with Crippen LogP contribution in [-0.2, 0) is 6.54 Å². The maximum absolute atomic E-state index is 6.34. The molecule has 1 aromatic heterocycles. The number of nitrogens with zero attached hydrogens (tertiary/aromatic N) is 2. The van der Waals surface area contributed by atoms with E-state index in [1.807, 2.05) is 36.9 Å². The van der Waals surface area contributed by atoms with Crippen molar-refractivity contribution in [3.05, 3.63) is 29.0 Å². The Balaban J connectivity index is 2.64. The predicted molar refractivity (Wildman–Crippen MR) is 86.6 cm³/mol. The standard InChI is InChI=1S/C14H18Cl2N2S/c1-9(15)13-17-11-7-5-6-10(16)12(11)18(13)8-14(2,3)19-4/h5-7,9H,8H2,1-4H3. The zero-order valence-electron chi connectivity index (χ0n) is 11.6. The van der Waals surface area contributed by atoms with Crippen molar-refractivity contribution in [2.75, 3.05) is 6.26 Å². The molecular formula is C14H18Cl2N2S. The first kappa shape index (κ1) is 15.0. The normalized spacial score (nSPS) is 14.0. The van der Waals surface area contributed by atoms with Crippen molar-refractivity contribution in [3.63, 3.8) is 0 Å². The zero-order chi connectivity index (χ0) is 14.2. The molecule has 1 heterocycles. The second-order valence-corrected chi connectivity index (χ2v) is 7.82. The third kappa shape index (κ3) is 3.04. The first-order valence-corrected chi connectivity index (χ1v) is 8.23. The highest BCUT2D eigenvalue weighted by atomic mass is 35.5. The highest BCUT2D eigenvalue weighted by Crippen LogP contribution is 2.33. The number of hydrogen-bond acceptors (Lipinski definition) is 2. The molecule has 0 aliphatic carbocycles. The summed E-state index contributed by atoms with van der Waals surface area (Å²) >= 11 is 14.4. The first-order valence-electron chi connectivity index (χ1n) is 6.19. The van der Waals surface area contributed by atoms with Crippen molar-refractivity contribution in [1.29, 1.82) is 0 Å². The Bertz CT molecular complexity index is 590. The molecule has 0 amide bonds. The van der Waals surface area contributed by atoms with Gasteiger partial charge in [0.1, 0.15) is 5.82 Å². The molecule has 0 aliphatic rings. The lowest BCUT2D eigenvalue weighted by Crippen LogP contribution is -2.24. The Hall–Kier alpha value is -0.380. The lowest BCUT2D eigenvalue weighted by Gasteiger charge is -2.24. The topological polar surface area (TPSA) is 17.8 Å². The summed E-state index contributed by atoms with van der Waals surface area (Å²) < 4.78 is 2.26. The van der Waals surface area contributed by atoms with Gasteiger partial charge in [-0.2, -0.15) is 11.8 Å². The minimum absolute atomic E-state index is 0.104. The van der Waals surface area contributed by atoms with E-state index in [-0.39, 0.29) is 10.1 Å². The molecular weight excluding hydrogens is 299 g/mol. The van der Waals surface area contributed by atoms with Crippen LogP contribution in [0.5, 0.6) is 0 Å². The highest BCUT2D eigenvalue weighted by Gasteiger charge is 2.23. The molecule has 104 valence electrons. The maximum Gasteiger partial charge on any atom is 0.127 e. The van der Waals surface area contributed by atoms with Gasteiger partial charge in [0.15, 0.2) is 0 Å². The van der Waals surface area contributed by atoms with Gasteiger partial charge in [-0.15, -0.1) is 11.6 Å². The summed E-state index contributed by atoms with van der Waals surface area (Å²) in [5.74, 6) is 0.881. The number of rotatable bonds is 4. The summed E-state index contributed by atoms with van der Waals surface area (Å²) in [4.78, 5) is 4.63. The molecule has 0 aliphatic heterocycles. The van der Waals surface area contributed by atoms with Crippen molar-refractivity contribution < 1.29 is 0 Å². The monoisotopic (exact) mass is 316 g/mol. The van der Waals surface area contributed by atoms with Gasteiger partial charge in [0.2, 0.25) is 0 Å². The molecule has 1 aromatic carbocycles. The Labute approximate surface area is 128 Å². The van der Waals surface area contributed by atoms with Crippen LogP contribution in [-0.4, -0.2) is 20.6 Å². The van der Waals surface area contributed by atoms with Crippen LogP contribution in [0, 0.1) is 0 Å². The summed E-state index contributed by atoms with van der Waals surface area (Å²) in [7, 11) is 0. The molecule has 0 spiro atoms. The first-order chi connectivity index (χ1) is 8.85. The van der Waals surface area contributed by atoms with Gasteiger partial charge in [0.05, 0.1) is 21.4 Å². The smallest absolute Gasteiger partial charge is 0.127 e. The predicted octanol–water partition coefficient (Wildman–Crippen LogP) is 5.13. The van der Waals surface area contributed by atoms with E-state index in [0.29, 0.717) is 0 Å². The van der Waals surface area contributed by atoms with E-state index in [9.17, 15) is 0 Å². The average Bonchev–Trinajstić information content (AvgIpc) is 2.69. The molecule has 19 heavy (non-hydrogen) atoms. The van der Waals surface area contributed by atoms with E-state index in [4.69, 9.17) is 23.2 Å². The van der Waals surface area contributed by atoms with Crippen molar-refractivity contribution in [2.24, 2.45) is 0 Å². The Morgan fingerprint density at radius 1 is 1.42 bits per heavy atom. The van der Waals surface area contributed by atoms with E-state index in [1.54, 1.807) is 0 Å². The molecule has 0 N–H and O–H groups in total. The molecule has 0 fully saturated rings. The summed E-state index contributed by atoms with van der Waals surface area (Å²) in [5, 5.41) is 0.589. The van der Waals surface area contributed by atoms with Gasteiger partial charge in [0, 0.05) is 11.3 Å². The average molecular weight is 317 g/mol. The Morgan fingerprint density at radius 2 is 2.11 bits per heavy atom. The number of aromatic nitrogens is 2. The number of alkyl halides is 1. The Morgan fingerprint density at radius 3 is 2.68 bits per heavy atom. The van der Waals surface area contributed by atoms with Crippen LogP contribution >= 0.6 is 35.0 Å². The number of hydrogen-bond donors (Lipinski definition) is 0. The lowest BCUT2D eigenvalue weighted by molar-refractivity contribution is 0.559. The van der Waals surface area contributed by atoms with Gasteiger partial charge < -0.3 is 4.57 Å². The number of benzene rings is 1. The van der Waals surface area contributed by atoms with Gasteiger partial charge in [0.25, 0.3) is 0 Å². The molecule has 0 bridgehead atoms. The molecule has 0 saturated heterocycles. The molecule has 0 radical (unpaired) electrons. The lowest BCUT2D eigenvalue weighted by atomic mass is 10.2. The summed E-state index contributed by atoms with van der Waals surface area (Å²) in [5.41, 5.74) is 1.89. The van der Waals surface area contributed by atoms with Crippen molar-refractivity contribution in [2.45, 2.75) is 37.4 Å². The molecule has 0 saturated carbocycles. The fourth-order valence-corrected chi connectivity index (χ4v) is 2.77. The van der Waals surface area contributed by atoms with Crippen LogP contribution in [0.25, 0.3) is 11.0 Å². The zero-order valence-corrected chi connectivity index (χ0v) is 13.9. The fourth-order valence-electron chi connectivity index (χ4n) is 2.07. The van der Waals surface area contributed by atoms with Crippen LogP contribution in [0.4, 0.5) is 0 Å². The number of thioether (sulfide) groups is 1. The third-order valence-electron chi connectivity index (χ3n) is 3.19. The van der Waals surface area contributed by atoms with Gasteiger partial charge in [-0.1, -0.05) is 17.7 Å². The minimum Gasteiger partial charge on any atom is -0.324 e. The van der Waals surface area contributed by atoms with Crippen LogP contribution in [0.1, 0.15) is 32.0 Å². The summed E-state index contributed by atoms with van der Waals surface area (Å²) in [6.45, 7) is 7.20. The maximum atomic E-state index is 6.34. The quantitative estimate of drug-likeness (QED) is 0.727. The van der Waals surface area contributed by atoms with Gasteiger partial charge >= 0.3 is 0 Å². The van der Waals surface area contributed by atoms with Gasteiger partial charge in [-0.05, 0) is 39.2 Å². The van der Waals surface area contributed by atoms with Crippen LogP contribution in [0.2, 0.25) is 5.02 Å². The third-order valence-corrected chi connectivity index (χ3v) is 4.93. The number of para-hydroxylation sites is 1. The van der Waals surface area contributed by atoms with E-state index in [0.717, 1.165) is 28.4 Å². The van der Waals surface area contributed by atoms with Crippen LogP contribution in [0.3, 0.4) is 0 Å². The SMILES string of the molecule is CSC(C)(C)Cn1c(C(C)Cl)nc2cccc(Cl)c21. The minimum atomic E-state index is -0.138.